The molecule has 2 amide bonds. The lowest BCUT2D eigenvalue weighted by atomic mass is 10.2. The van der Waals surface area contributed by atoms with Gasteiger partial charge in [0.05, 0.1) is 0 Å². The third-order valence-corrected chi connectivity index (χ3v) is 5.82. The summed E-state index contributed by atoms with van der Waals surface area (Å²) in [5, 5.41) is 14.9. The molecule has 0 radical (unpaired) electrons. The Balaban J connectivity index is 1.13. The van der Waals surface area contributed by atoms with Crippen molar-refractivity contribution in [2.45, 2.75) is 6.42 Å². The fraction of sp³-hybridized carbons (Fsp3) is 0.333. The summed E-state index contributed by atoms with van der Waals surface area (Å²) >= 11 is 1.31. The number of benzene rings is 1. The molecule has 0 saturated carbocycles. The van der Waals surface area contributed by atoms with Crippen molar-refractivity contribution in [3.63, 3.8) is 0 Å². The third-order valence-electron chi connectivity index (χ3n) is 4.96. The Hall–Kier alpha value is -3.04. The van der Waals surface area contributed by atoms with Gasteiger partial charge in [0.2, 0.25) is 5.13 Å². The van der Waals surface area contributed by atoms with E-state index in [0.717, 1.165) is 44.8 Å². The lowest BCUT2D eigenvalue weighted by Gasteiger charge is -2.36. The van der Waals surface area contributed by atoms with Gasteiger partial charge in [-0.1, -0.05) is 35.6 Å². The van der Waals surface area contributed by atoms with E-state index >= 15 is 0 Å². The second-order valence-electron chi connectivity index (χ2n) is 7.03. The minimum atomic E-state index is -0.257. The highest BCUT2D eigenvalue weighted by atomic mass is 32.1. The fourth-order valence-corrected chi connectivity index (χ4v) is 4.10. The predicted octanol–water partition coefficient (Wildman–Crippen LogP) is 2.93. The summed E-state index contributed by atoms with van der Waals surface area (Å²) in [5.74, 6) is 0. The number of amides is 2. The van der Waals surface area contributed by atoms with Crippen LogP contribution in [0.2, 0.25) is 0 Å². The summed E-state index contributed by atoms with van der Waals surface area (Å²) in [7, 11) is 0. The van der Waals surface area contributed by atoms with Crippen molar-refractivity contribution in [1.82, 2.24) is 25.4 Å². The number of carbonyl (C=O) groups is 1. The molecule has 1 fully saturated rings. The van der Waals surface area contributed by atoms with Crippen LogP contribution in [0.15, 0.2) is 54.7 Å². The first-order chi connectivity index (χ1) is 14.8. The smallest absolute Gasteiger partial charge is 0.321 e. The molecule has 0 spiro atoms. The van der Waals surface area contributed by atoms with Gasteiger partial charge in [-0.25, -0.2) is 4.79 Å². The molecule has 9 heteroatoms. The van der Waals surface area contributed by atoms with Gasteiger partial charge in [0, 0.05) is 44.6 Å². The van der Waals surface area contributed by atoms with Gasteiger partial charge in [-0.2, -0.15) is 0 Å². The van der Waals surface area contributed by atoms with Crippen molar-refractivity contribution < 1.29 is 4.79 Å². The van der Waals surface area contributed by atoms with E-state index in [2.05, 4.69) is 59.9 Å². The lowest BCUT2D eigenvalue weighted by Crippen LogP contribution is -2.47. The number of anilines is 2. The largest absolute Gasteiger partial charge is 0.369 e. The maximum atomic E-state index is 12.1. The molecule has 0 atom stereocenters. The van der Waals surface area contributed by atoms with Gasteiger partial charge in [-0.05, 0) is 37.2 Å². The minimum Gasteiger partial charge on any atom is -0.369 e. The monoisotopic (exact) mass is 423 g/mol. The van der Waals surface area contributed by atoms with E-state index in [0.29, 0.717) is 16.7 Å². The first-order valence-electron chi connectivity index (χ1n) is 10.1. The third kappa shape index (κ3) is 5.52. The van der Waals surface area contributed by atoms with Crippen molar-refractivity contribution in [3.8, 4) is 10.7 Å². The molecule has 1 aromatic carbocycles. The van der Waals surface area contributed by atoms with Gasteiger partial charge in [0.25, 0.3) is 0 Å². The van der Waals surface area contributed by atoms with Crippen LogP contribution >= 0.6 is 11.3 Å². The second-order valence-corrected chi connectivity index (χ2v) is 8.00. The molecule has 30 heavy (non-hydrogen) atoms. The Morgan fingerprint density at radius 1 is 1.00 bits per heavy atom. The molecule has 3 aromatic rings. The molecule has 3 heterocycles. The Bertz CT molecular complexity index is 927. The van der Waals surface area contributed by atoms with E-state index < -0.39 is 0 Å². The number of rotatable bonds is 7. The van der Waals surface area contributed by atoms with Crippen molar-refractivity contribution in [1.29, 1.82) is 0 Å². The first kappa shape index (κ1) is 20.2. The number of hydrogen-bond donors (Lipinski definition) is 2. The average Bonchev–Trinajstić information content (AvgIpc) is 3.27. The number of nitrogens with zero attached hydrogens (tertiary/aromatic N) is 5. The minimum absolute atomic E-state index is 0.257. The van der Waals surface area contributed by atoms with Crippen LogP contribution in [0, 0.1) is 0 Å². The average molecular weight is 424 g/mol. The zero-order valence-corrected chi connectivity index (χ0v) is 17.5. The number of urea groups is 1. The van der Waals surface area contributed by atoms with Crippen LogP contribution in [0.25, 0.3) is 10.7 Å². The number of para-hydroxylation sites is 1. The molecule has 1 aliphatic rings. The standard InChI is InChI=1S/C21H25N7OS/c29-20(24-21-26-25-19(30-21)18-9-4-5-10-22-18)23-11-6-12-27-13-15-28(16-14-27)17-7-2-1-3-8-17/h1-5,7-10H,6,11-16H2,(H2,23,24,26,29). The van der Waals surface area contributed by atoms with E-state index in [9.17, 15) is 4.79 Å². The van der Waals surface area contributed by atoms with Gasteiger partial charge >= 0.3 is 6.03 Å². The van der Waals surface area contributed by atoms with Crippen LogP contribution in [0.5, 0.6) is 0 Å². The molecular weight excluding hydrogens is 398 g/mol. The Morgan fingerprint density at radius 3 is 2.57 bits per heavy atom. The predicted molar refractivity (Wildman–Crippen MR) is 120 cm³/mol. The molecule has 156 valence electrons. The molecule has 4 rings (SSSR count). The molecule has 0 unspecified atom stereocenters. The zero-order chi connectivity index (χ0) is 20.6. The normalized spacial score (nSPS) is 14.5. The first-order valence-corrected chi connectivity index (χ1v) is 10.9. The summed E-state index contributed by atoms with van der Waals surface area (Å²) in [6, 6.07) is 15.9. The lowest BCUT2D eigenvalue weighted by molar-refractivity contribution is 0.244. The molecule has 0 aliphatic carbocycles. The van der Waals surface area contributed by atoms with Crippen LogP contribution in [0.4, 0.5) is 15.6 Å². The fourth-order valence-electron chi connectivity index (χ4n) is 3.38. The number of carbonyl (C=O) groups excluding carboxylic acids is 1. The van der Waals surface area contributed by atoms with Crippen molar-refractivity contribution in [3.05, 3.63) is 54.7 Å². The molecule has 2 aromatic heterocycles. The van der Waals surface area contributed by atoms with Gasteiger partial charge in [-0.3, -0.25) is 15.2 Å². The molecule has 8 nitrogen and oxygen atoms in total. The topological polar surface area (TPSA) is 86.3 Å². The highest BCUT2D eigenvalue weighted by molar-refractivity contribution is 7.18. The maximum Gasteiger partial charge on any atom is 0.321 e. The molecule has 1 saturated heterocycles. The van der Waals surface area contributed by atoms with Gasteiger partial charge in [0.1, 0.15) is 5.69 Å². The Kier molecular flexibility index (Phi) is 6.83. The van der Waals surface area contributed by atoms with E-state index in [1.807, 2.05) is 24.3 Å². The van der Waals surface area contributed by atoms with Crippen LogP contribution in [0.3, 0.4) is 0 Å². The summed E-state index contributed by atoms with van der Waals surface area (Å²) < 4.78 is 0. The van der Waals surface area contributed by atoms with Crippen LogP contribution in [0.1, 0.15) is 6.42 Å². The molecular formula is C21H25N7OS. The molecule has 1 aliphatic heterocycles. The highest BCUT2D eigenvalue weighted by Crippen LogP contribution is 2.24. The maximum absolute atomic E-state index is 12.1. The quantitative estimate of drug-likeness (QED) is 0.568. The van der Waals surface area contributed by atoms with Gasteiger partial charge < -0.3 is 10.2 Å². The number of nitrogens with one attached hydrogen (secondary N) is 2. The summed E-state index contributed by atoms with van der Waals surface area (Å²) in [6.07, 6.45) is 2.62. The zero-order valence-electron chi connectivity index (χ0n) is 16.7. The van der Waals surface area contributed by atoms with E-state index in [-0.39, 0.29) is 6.03 Å². The number of pyridine rings is 1. The van der Waals surface area contributed by atoms with Crippen molar-refractivity contribution >= 4 is 28.2 Å². The molecule has 2 N–H and O–H groups in total. The highest BCUT2D eigenvalue weighted by Gasteiger charge is 2.16. The van der Waals surface area contributed by atoms with Crippen LogP contribution in [-0.4, -0.2) is 65.4 Å². The SMILES string of the molecule is O=C(NCCCN1CCN(c2ccccc2)CC1)Nc1nnc(-c2ccccn2)s1. The second kappa shape index (κ2) is 10.1. The van der Waals surface area contributed by atoms with E-state index in [1.165, 1.54) is 17.0 Å². The summed E-state index contributed by atoms with van der Waals surface area (Å²) in [4.78, 5) is 21.2. The van der Waals surface area contributed by atoms with Gasteiger partial charge in [0.15, 0.2) is 5.01 Å². The molecule has 0 bridgehead atoms. The summed E-state index contributed by atoms with van der Waals surface area (Å²) in [6.45, 7) is 5.76. The number of hydrogen-bond acceptors (Lipinski definition) is 7. The van der Waals surface area contributed by atoms with Crippen LogP contribution in [-0.2, 0) is 0 Å². The number of aromatic nitrogens is 3. The number of piperazine rings is 1. The van der Waals surface area contributed by atoms with E-state index in [4.69, 9.17) is 0 Å². The van der Waals surface area contributed by atoms with Crippen LogP contribution < -0.4 is 15.5 Å². The van der Waals surface area contributed by atoms with Gasteiger partial charge in [-0.15, -0.1) is 10.2 Å². The van der Waals surface area contributed by atoms with Crippen molar-refractivity contribution in [2.75, 3.05) is 49.5 Å². The van der Waals surface area contributed by atoms with Crippen molar-refractivity contribution in [2.24, 2.45) is 0 Å². The Labute approximate surface area is 180 Å². The van der Waals surface area contributed by atoms with E-state index in [1.54, 1.807) is 6.20 Å². The Morgan fingerprint density at radius 2 is 1.80 bits per heavy atom. The summed E-state index contributed by atoms with van der Waals surface area (Å²) in [5.41, 5.74) is 2.04.